The van der Waals surface area contributed by atoms with Crippen molar-refractivity contribution >= 4 is 5.69 Å². The standard InChI is InChI=1S/C23H32N2/c1-5-22(24,6-2)23(7-3,8-4)25-21-15-11-14-19-18-13-10-9-12-17(18)16-20(19)21/h9-15,25H,5-8,16,24H2,1-4H3. The summed E-state index contributed by atoms with van der Waals surface area (Å²) in [6.45, 7) is 8.97. The first kappa shape index (κ1) is 18.0. The lowest BCUT2D eigenvalue weighted by Crippen LogP contribution is -2.63. The molecule has 25 heavy (non-hydrogen) atoms. The van der Waals surface area contributed by atoms with Crippen LogP contribution in [0.25, 0.3) is 11.1 Å². The molecule has 1 aliphatic carbocycles. The average molecular weight is 337 g/mol. The van der Waals surface area contributed by atoms with Gasteiger partial charge in [0, 0.05) is 17.6 Å². The van der Waals surface area contributed by atoms with E-state index in [9.17, 15) is 0 Å². The molecule has 0 bridgehead atoms. The van der Waals surface area contributed by atoms with E-state index in [1.54, 1.807) is 0 Å². The molecule has 0 aromatic heterocycles. The van der Waals surface area contributed by atoms with Crippen LogP contribution in [0.1, 0.15) is 64.5 Å². The monoisotopic (exact) mass is 336 g/mol. The van der Waals surface area contributed by atoms with E-state index in [4.69, 9.17) is 5.73 Å². The Hall–Kier alpha value is -1.80. The van der Waals surface area contributed by atoms with Crippen molar-refractivity contribution in [2.75, 3.05) is 5.32 Å². The van der Waals surface area contributed by atoms with E-state index in [0.717, 1.165) is 32.1 Å². The molecule has 0 fully saturated rings. The molecule has 2 nitrogen and oxygen atoms in total. The third-order valence-corrected chi connectivity index (χ3v) is 6.65. The van der Waals surface area contributed by atoms with Gasteiger partial charge in [-0.05, 0) is 54.0 Å². The van der Waals surface area contributed by atoms with Crippen LogP contribution in [0.3, 0.4) is 0 Å². The van der Waals surface area contributed by atoms with Gasteiger partial charge in [-0.2, -0.15) is 0 Å². The van der Waals surface area contributed by atoms with Crippen LogP contribution in [-0.2, 0) is 6.42 Å². The van der Waals surface area contributed by atoms with Crippen molar-refractivity contribution in [3.05, 3.63) is 53.6 Å². The Kier molecular flexibility index (Phi) is 4.92. The minimum atomic E-state index is -0.204. The van der Waals surface area contributed by atoms with E-state index in [0.29, 0.717) is 0 Å². The van der Waals surface area contributed by atoms with Gasteiger partial charge in [-0.25, -0.2) is 0 Å². The molecule has 2 heteroatoms. The normalized spacial score (nSPS) is 13.5. The SMILES string of the molecule is CCC(N)(CC)C(CC)(CC)Nc1cccc2c1Cc1ccccc1-2. The second-order valence-electron chi connectivity index (χ2n) is 7.44. The molecule has 0 unspecified atom stereocenters. The van der Waals surface area contributed by atoms with Crippen LogP contribution in [0, 0.1) is 0 Å². The van der Waals surface area contributed by atoms with Crippen molar-refractivity contribution in [1.82, 2.24) is 0 Å². The third kappa shape index (κ3) is 2.77. The molecule has 0 radical (unpaired) electrons. The summed E-state index contributed by atoms with van der Waals surface area (Å²) in [5.41, 5.74) is 13.5. The zero-order chi connectivity index (χ0) is 18.1. The molecule has 0 heterocycles. The zero-order valence-corrected chi connectivity index (χ0v) is 16.2. The highest BCUT2D eigenvalue weighted by Gasteiger charge is 2.44. The van der Waals surface area contributed by atoms with Crippen molar-refractivity contribution in [1.29, 1.82) is 0 Å². The molecule has 1 aliphatic rings. The van der Waals surface area contributed by atoms with Crippen molar-refractivity contribution in [3.63, 3.8) is 0 Å². The summed E-state index contributed by atoms with van der Waals surface area (Å²) in [5.74, 6) is 0. The summed E-state index contributed by atoms with van der Waals surface area (Å²) in [6, 6.07) is 15.4. The van der Waals surface area contributed by atoms with Gasteiger partial charge in [-0.3, -0.25) is 0 Å². The Morgan fingerprint density at radius 1 is 0.840 bits per heavy atom. The van der Waals surface area contributed by atoms with E-state index in [1.807, 2.05) is 0 Å². The summed E-state index contributed by atoms with van der Waals surface area (Å²) in [4.78, 5) is 0. The molecule has 0 amide bonds. The van der Waals surface area contributed by atoms with E-state index in [1.165, 1.54) is 27.9 Å². The van der Waals surface area contributed by atoms with Gasteiger partial charge in [0.15, 0.2) is 0 Å². The minimum Gasteiger partial charge on any atom is -0.378 e. The smallest absolute Gasteiger partial charge is 0.0547 e. The second kappa shape index (κ2) is 6.84. The van der Waals surface area contributed by atoms with Gasteiger partial charge in [0.2, 0.25) is 0 Å². The number of nitrogens with one attached hydrogen (secondary N) is 1. The third-order valence-electron chi connectivity index (χ3n) is 6.65. The first-order chi connectivity index (χ1) is 12.0. The van der Waals surface area contributed by atoms with Crippen LogP contribution in [-0.4, -0.2) is 11.1 Å². The number of rotatable bonds is 7. The molecule has 3 N–H and O–H groups in total. The van der Waals surface area contributed by atoms with Gasteiger partial charge in [0.05, 0.1) is 5.54 Å². The maximum atomic E-state index is 6.91. The van der Waals surface area contributed by atoms with E-state index >= 15 is 0 Å². The number of benzene rings is 2. The average Bonchev–Trinajstić information content (AvgIpc) is 3.05. The van der Waals surface area contributed by atoms with Crippen LogP contribution in [0.2, 0.25) is 0 Å². The van der Waals surface area contributed by atoms with Crippen LogP contribution in [0.5, 0.6) is 0 Å². The fourth-order valence-electron chi connectivity index (χ4n) is 4.71. The fraction of sp³-hybridized carbons (Fsp3) is 0.478. The van der Waals surface area contributed by atoms with Crippen LogP contribution < -0.4 is 11.1 Å². The molecule has 0 atom stereocenters. The highest BCUT2D eigenvalue weighted by Crippen LogP contribution is 2.43. The molecule has 0 spiro atoms. The first-order valence-electron chi connectivity index (χ1n) is 9.81. The fourth-order valence-corrected chi connectivity index (χ4v) is 4.71. The molecular weight excluding hydrogens is 304 g/mol. The summed E-state index contributed by atoms with van der Waals surface area (Å²) < 4.78 is 0. The van der Waals surface area contributed by atoms with Crippen molar-refractivity contribution < 1.29 is 0 Å². The molecule has 0 saturated carbocycles. The van der Waals surface area contributed by atoms with E-state index in [-0.39, 0.29) is 11.1 Å². The van der Waals surface area contributed by atoms with Gasteiger partial charge in [0.1, 0.15) is 0 Å². The number of hydrogen-bond acceptors (Lipinski definition) is 2. The summed E-state index contributed by atoms with van der Waals surface area (Å²) in [7, 11) is 0. The Morgan fingerprint density at radius 3 is 2.12 bits per heavy atom. The number of hydrogen-bond donors (Lipinski definition) is 2. The van der Waals surface area contributed by atoms with Crippen molar-refractivity contribution in [3.8, 4) is 11.1 Å². The van der Waals surface area contributed by atoms with Crippen LogP contribution >= 0.6 is 0 Å². The topological polar surface area (TPSA) is 38.0 Å². The number of fused-ring (bicyclic) bond motifs is 3. The van der Waals surface area contributed by atoms with Crippen molar-refractivity contribution in [2.24, 2.45) is 5.73 Å². The summed E-state index contributed by atoms with van der Waals surface area (Å²) in [5, 5.41) is 3.94. The van der Waals surface area contributed by atoms with Crippen LogP contribution in [0.15, 0.2) is 42.5 Å². The number of anilines is 1. The van der Waals surface area contributed by atoms with Gasteiger partial charge in [-0.15, -0.1) is 0 Å². The highest BCUT2D eigenvalue weighted by molar-refractivity contribution is 5.82. The molecule has 3 rings (SSSR count). The Labute approximate surface area is 152 Å². The van der Waals surface area contributed by atoms with Gasteiger partial charge >= 0.3 is 0 Å². The largest absolute Gasteiger partial charge is 0.378 e. The first-order valence-corrected chi connectivity index (χ1v) is 9.81. The Bertz CT molecular complexity index is 740. The molecule has 2 aromatic carbocycles. The van der Waals surface area contributed by atoms with Crippen LogP contribution in [0.4, 0.5) is 5.69 Å². The molecule has 0 saturated heterocycles. The Balaban J connectivity index is 2.04. The minimum absolute atomic E-state index is 0.0829. The summed E-state index contributed by atoms with van der Waals surface area (Å²) >= 11 is 0. The zero-order valence-electron chi connectivity index (χ0n) is 16.2. The lowest BCUT2D eigenvalue weighted by Gasteiger charge is -2.49. The maximum Gasteiger partial charge on any atom is 0.0547 e. The molecular formula is C23H32N2. The maximum absolute atomic E-state index is 6.91. The molecule has 134 valence electrons. The van der Waals surface area contributed by atoms with Gasteiger partial charge in [-0.1, -0.05) is 64.1 Å². The molecule has 2 aromatic rings. The highest BCUT2D eigenvalue weighted by atomic mass is 15.1. The second-order valence-corrected chi connectivity index (χ2v) is 7.44. The lowest BCUT2D eigenvalue weighted by atomic mass is 9.70. The lowest BCUT2D eigenvalue weighted by molar-refractivity contribution is 0.211. The predicted molar refractivity (Wildman–Crippen MR) is 109 cm³/mol. The van der Waals surface area contributed by atoms with Crippen molar-refractivity contribution in [2.45, 2.75) is 70.9 Å². The molecule has 0 aliphatic heterocycles. The van der Waals surface area contributed by atoms with Gasteiger partial charge < -0.3 is 11.1 Å². The van der Waals surface area contributed by atoms with E-state index < -0.39 is 0 Å². The van der Waals surface area contributed by atoms with E-state index in [2.05, 4.69) is 75.5 Å². The summed E-state index contributed by atoms with van der Waals surface area (Å²) in [6.07, 6.45) is 5.02. The van der Waals surface area contributed by atoms with Gasteiger partial charge in [0.25, 0.3) is 0 Å². The quantitative estimate of drug-likeness (QED) is 0.577. The predicted octanol–water partition coefficient (Wildman–Crippen LogP) is 5.75. The Morgan fingerprint density at radius 2 is 1.48 bits per heavy atom. The number of nitrogens with two attached hydrogens (primary N) is 1.